The third kappa shape index (κ3) is 3.37. The number of fused-ring (bicyclic) bond motifs is 1. The predicted molar refractivity (Wildman–Crippen MR) is 98.7 cm³/mol. The fourth-order valence-electron chi connectivity index (χ4n) is 2.27. The zero-order valence-electron chi connectivity index (χ0n) is 13.0. The lowest BCUT2D eigenvalue weighted by atomic mass is 10.3. The van der Waals surface area contributed by atoms with E-state index in [0.29, 0.717) is 22.3 Å². The molecule has 0 saturated carbocycles. The number of aromatic nitrogens is 1. The van der Waals surface area contributed by atoms with Gasteiger partial charge < -0.3 is 9.30 Å². The number of aryl methyl sites for hydroxylation is 1. The second kappa shape index (κ2) is 6.87. The van der Waals surface area contributed by atoms with Gasteiger partial charge in [-0.05, 0) is 44.2 Å². The van der Waals surface area contributed by atoms with Crippen molar-refractivity contribution >= 4 is 54.5 Å². The minimum absolute atomic E-state index is 0.141. The van der Waals surface area contributed by atoms with Crippen molar-refractivity contribution in [3.05, 3.63) is 39.5 Å². The van der Waals surface area contributed by atoms with Gasteiger partial charge in [-0.15, -0.1) is 15.7 Å². The van der Waals surface area contributed by atoms with Gasteiger partial charge in [-0.3, -0.25) is 0 Å². The lowest BCUT2D eigenvalue weighted by Gasteiger charge is -2.03. The fourth-order valence-corrected chi connectivity index (χ4v) is 6.06. The van der Waals surface area contributed by atoms with Gasteiger partial charge in [-0.2, -0.15) is 8.42 Å². The second-order valence-electron chi connectivity index (χ2n) is 4.82. The lowest BCUT2D eigenvalue weighted by Crippen LogP contribution is -2.15. The maximum absolute atomic E-state index is 12.5. The minimum atomic E-state index is -3.78. The zero-order chi connectivity index (χ0) is 17.3. The molecule has 9 heteroatoms. The molecule has 1 aromatic carbocycles. The van der Waals surface area contributed by atoms with Crippen LogP contribution < -0.4 is 9.54 Å². The minimum Gasteiger partial charge on any atom is -0.494 e. The highest BCUT2D eigenvalue weighted by Crippen LogP contribution is 2.27. The van der Waals surface area contributed by atoms with E-state index in [4.69, 9.17) is 16.3 Å². The molecule has 0 bridgehead atoms. The Kier molecular flexibility index (Phi) is 5.00. The largest absolute Gasteiger partial charge is 0.494 e. The number of benzene rings is 1. The van der Waals surface area contributed by atoms with Crippen molar-refractivity contribution in [2.45, 2.75) is 24.6 Å². The molecule has 0 aliphatic carbocycles. The Balaban J connectivity index is 2.18. The number of halogens is 1. The monoisotopic (exact) mass is 402 g/mol. The topological polar surface area (TPSA) is 60.7 Å². The molecule has 0 aliphatic rings. The first-order valence-electron chi connectivity index (χ1n) is 7.27. The third-order valence-electron chi connectivity index (χ3n) is 3.28. The van der Waals surface area contributed by atoms with Crippen molar-refractivity contribution in [2.24, 2.45) is 4.40 Å². The first-order chi connectivity index (χ1) is 11.4. The Morgan fingerprint density at radius 1 is 1.21 bits per heavy atom. The highest BCUT2D eigenvalue weighted by atomic mass is 35.5. The summed E-state index contributed by atoms with van der Waals surface area (Å²) in [7, 11) is -3.78. The van der Waals surface area contributed by atoms with Gasteiger partial charge >= 0.3 is 0 Å². The van der Waals surface area contributed by atoms with Crippen LogP contribution in [0.3, 0.4) is 0 Å². The van der Waals surface area contributed by atoms with E-state index in [2.05, 4.69) is 4.40 Å². The standard InChI is InChI=1S/C15H15ClN2O3S3/c1-3-18-11-6-5-10(21-4-2)9-12(11)22-15(18)17-24(19,20)14-8-7-13(16)23-14/h5-9H,3-4H2,1-2H3/b17-15-. The molecule has 0 fully saturated rings. The molecule has 24 heavy (non-hydrogen) atoms. The van der Waals surface area contributed by atoms with E-state index in [1.165, 1.54) is 17.4 Å². The second-order valence-corrected chi connectivity index (χ2v) is 9.37. The van der Waals surface area contributed by atoms with Crippen LogP contribution in [0, 0.1) is 0 Å². The van der Waals surface area contributed by atoms with Crippen LogP contribution in [0.15, 0.2) is 38.9 Å². The average Bonchev–Trinajstić information content (AvgIpc) is 3.10. The van der Waals surface area contributed by atoms with E-state index in [1.807, 2.05) is 36.6 Å². The molecule has 5 nitrogen and oxygen atoms in total. The van der Waals surface area contributed by atoms with Gasteiger partial charge in [0.05, 0.1) is 21.2 Å². The van der Waals surface area contributed by atoms with Gasteiger partial charge in [0.25, 0.3) is 10.0 Å². The molecule has 2 aromatic heterocycles. The van der Waals surface area contributed by atoms with Crippen molar-refractivity contribution in [3.8, 4) is 5.75 Å². The Hall–Kier alpha value is -1.35. The van der Waals surface area contributed by atoms with Gasteiger partial charge in [-0.25, -0.2) is 0 Å². The molecular weight excluding hydrogens is 388 g/mol. The van der Waals surface area contributed by atoms with Gasteiger partial charge in [0, 0.05) is 6.54 Å². The fraction of sp³-hybridized carbons (Fsp3) is 0.267. The maximum Gasteiger partial charge on any atom is 0.294 e. The summed E-state index contributed by atoms with van der Waals surface area (Å²) >= 11 is 8.16. The van der Waals surface area contributed by atoms with Crippen molar-refractivity contribution in [2.75, 3.05) is 6.61 Å². The summed E-state index contributed by atoms with van der Waals surface area (Å²) in [4.78, 5) is 0.436. The number of hydrogen-bond donors (Lipinski definition) is 0. The predicted octanol–water partition coefficient (Wildman–Crippen LogP) is 4.13. The smallest absolute Gasteiger partial charge is 0.294 e. The molecule has 0 radical (unpaired) electrons. The summed E-state index contributed by atoms with van der Waals surface area (Å²) in [5.74, 6) is 0.758. The van der Waals surface area contributed by atoms with Gasteiger partial charge in [0.1, 0.15) is 9.96 Å². The SMILES string of the molecule is CCOc1ccc2c(c1)s/c(=N\S(=O)(=O)c1ccc(Cl)s1)n2CC. The summed E-state index contributed by atoms with van der Waals surface area (Å²) < 4.78 is 37.9. The molecular formula is C15H15ClN2O3S3. The Morgan fingerprint density at radius 2 is 2.00 bits per heavy atom. The van der Waals surface area contributed by atoms with Crippen LogP contribution in [0.25, 0.3) is 10.2 Å². The molecule has 3 rings (SSSR count). The average molecular weight is 403 g/mol. The molecule has 0 saturated heterocycles. The summed E-state index contributed by atoms with van der Waals surface area (Å²) in [6.45, 7) is 5.07. The highest BCUT2D eigenvalue weighted by molar-refractivity contribution is 7.92. The number of hydrogen-bond acceptors (Lipinski definition) is 5. The number of sulfonamides is 1. The van der Waals surface area contributed by atoms with Crippen LogP contribution in [-0.4, -0.2) is 19.6 Å². The quantitative estimate of drug-likeness (QED) is 0.644. The van der Waals surface area contributed by atoms with Crippen LogP contribution in [-0.2, 0) is 16.6 Å². The Labute approximate surface area is 152 Å². The van der Waals surface area contributed by atoms with Crippen LogP contribution in [0.2, 0.25) is 4.34 Å². The Bertz CT molecular complexity index is 1050. The number of thiazole rings is 1. The molecule has 0 aliphatic heterocycles. The molecule has 0 atom stereocenters. The van der Waals surface area contributed by atoms with E-state index in [9.17, 15) is 8.42 Å². The van der Waals surface area contributed by atoms with E-state index in [1.54, 1.807) is 6.07 Å². The van der Waals surface area contributed by atoms with Crippen LogP contribution in [0.4, 0.5) is 0 Å². The molecule has 128 valence electrons. The molecule has 0 amide bonds. The number of rotatable bonds is 5. The molecule has 3 aromatic rings. The first-order valence-corrected chi connectivity index (χ1v) is 10.7. The Morgan fingerprint density at radius 3 is 2.62 bits per heavy atom. The highest BCUT2D eigenvalue weighted by Gasteiger charge is 2.17. The van der Waals surface area contributed by atoms with Gasteiger partial charge in [-0.1, -0.05) is 22.9 Å². The molecule has 2 heterocycles. The van der Waals surface area contributed by atoms with Gasteiger partial charge in [0.2, 0.25) is 4.80 Å². The first kappa shape index (κ1) is 17.5. The normalized spacial score (nSPS) is 12.9. The summed E-state index contributed by atoms with van der Waals surface area (Å²) in [5.41, 5.74) is 0.934. The summed E-state index contributed by atoms with van der Waals surface area (Å²) in [6, 6.07) is 8.74. The molecule has 0 unspecified atom stereocenters. The third-order valence-corrected chi connectivity index (χ3v) is 7.40. The van der Waals surface area contributed by atoms with Crippen LogP contribution >= 0.6 is 34.3 Å². The van der Waals surface area contributed by atoms with E-state index in [-0.39, 0.29) is 4.21 Å². The van der Waals surface area contributed by atoms with Crippen molar-refractivity contribution in [1.29, 1.82) is 0 Å². The van der Waals surface area contributed by atoms with Crippen LogP contribution in [0.1, 0.15) is 13.8 Å². The van der Waals surface area contributed by atoms with Crippen molar-refractivity contribution < 1.29 is 13.2 Å². The number of thiophene rings is 1. The van der Waals surface area contributed by atoms with E-state index >= 15 is 0 Å². The molecule has 0 spiro atoms. The lowest BCUT2D eigenvalue weighted by molar-refractivity contribution is 0.341. The molecule has 0 N–H and O–H groups in total. The summed E-state index contributed by atoms with van der Waals surface area (Å²) in [6.07, 6.45) is 0. The maximum atomic E-state index is 12.5. The van der Waals surface area contributed by atoms with E-state index < -0.39 is 10.0 Å². The van der Waals surface area contributed by atoms with Crippen molar-refractivity contribution in [3.63, 3.8) is 0 Å². The van der Waals surface area contributed by atoms with Crippen molar-refractivity contribution in [1.82, 2.24) is 4.57 Å². The summed E-state index contributed by atoms with van der Waals surface area (Å²) in [5, 5.41) is 0. The zero-order valence-corrected chi connectivity index (χ0v) is 16.2. The number of nitrogens with zero attached hydrogens (tertiary/aromatic N) is 2. The number of ether oxygens (including phenoxy) is 1. The van der Waals surface area contributed by atoms with Gasteiger partial charge in [0.15, 0.2) is 0 Å². The van der Waals surface area contributed by atoms with E-state index in [0.717, 1.165) is 27.3 Å². The van der Waals surface area contributed by atoms with Crippen LogP contribution in [0.5, 0.6) is 5.75 Å².